The molecule has 1 aliphatic rings. The lowest BCUT2D eigenvalue weighted by Gasteiger charge is -2.30. The molecule has 0 aliphatic carbocycles. The molecule has 1 aromatic heterocycles. The van der Waals surface area contributed by atoms with Crippen LogP contribution in [0.15, 0.2) is 42.5 Å². The van der Waals surface area contributed by atoms with Crippen molar-refractivity contribution in [3.05, 3.63) is 53.6 Å². The molecule has 2 heterocycles. The van der Waals surface area contributed by atoms with Gasteiger partial charge in [0.25, 0.3) is 0 Å². The molecule has 0 radical (unpaired) electrons. The van der Waals surface area contributed by atoms with Gasteiger partial charge in [0.2, 0.25) is 0 Å². The number of nitrogens with zero attached hydrogens (tertiary/aromatic N) is 2. The Kier molecular flexibility index (Phi) is 4.59. The zero-order valence-electron chi connectivity index (χ0n) is 14.5. The maximum atomic E-state index is 6.02. The van der Waals surface area contributed by atoms with Gasteiger partial charge in [0.15, 0.2) is 0 Å². The molecule has 1 aliphatic heterocycles. The molecule has 25 heavy (non-hydrogen) atoms. The van der Waals surface area contributed by atoms with E-state index in [1.807, 2.05) is 12.1 Å². The number of nitrogens with two attached hydrogens (primary N) is 1. The Morgan fingerprint density at radius 3 is 2.92 bits per heavy atom. The molecule has 0 saturated heterocycles. The zero-order chi connectivity index (χ0) is 17.2. The molecular weight excluding hydrogens is 328 g/mol. The Morgan fingerprint density at radius 1 is 1.20 bits per heavy atom. The van der Waals surface area contributed by atoms with Gasteiger partial charge in [0.05, 0.1) is 10.4 Å². The largest absolute Gasteiger partial charge is 0.398 e. The number of hydrogen-bond donors (Lipinski definition) is 2. The normalized spacial score (nSPS) is 15.9. The number of nitrogens with one attached hydrogen (secondary N) is 1. The van der Waals surface area contributed by atoms with Gasteiger partial charge < -0.3 is 11.1 Å². The standard InChI is InChI=1S/C20H24N4S/c1-14(12-24-10-9-15-5-2-3-6-16(15)13-24)11-22-20-17-7-4-8-18(21)19(17)25-23-20/h2-8,14H,9-13,21H2,1H3,(H,22,23). The predicted octanol–water partition coefficient (Wildman–Crippen LogP) is 3.98. The van der Waals surface area contributed by atoms with E-state index in [2.05, 4.69) is 51.8 Å². The van der Waals surface area contributed by atoms with E-state index in [9.17, 15) is 0 Å². The third-order valence-electron chi connectivity index (χ3n) is 4.93. The Labute approximate surface area is 152 Å². The monoisotopic (exact) mass is 352 g/mol. The molecule has 3 aromatic rings. The first-order valence-electron chi connectivity index (χ1n) is 8.87. The van der Waals surface area contributed by atoms with Crippen LogP contribution in [0.2, 0.25) is 0 Å². The van der Waals surface area contributed by atoms with Crippen molar-refractivity contribution in [1.82, 2.24) is 9.27 Å². The van der Waals surface area contributed by atoms with Gasteiger partial charge in [-0.1, -0.05) is 37.3 Å². The van der Waals surface area contributed by atoms with Crippen LogP contribution < -0.4 is 11.1 Å². The molecule has 0 fully saturated rings. The Hall–Kier alpha value is -2.11. The first-order valence-corrected chi connectivity index (χ1v) is 9.65. The topological polar surface area (TPSA) is 54.2 Å². The van der Waals surface area contributed by atoms with E-state index in [1.54, 1.807) is 0 Å². The van der Waals surface area contributed by atoms with Gasteiger partial charge in [0.1, 0.15) is 5.82 Å². The van der Waals surface area contributed by atoms with Crippen LogP contribution in [0.25, 0.3) is 10.1 Å². The van der Waals surface area contributed by atoms with Crippen LogP contribution in [-0.2, 0) is 13.0 Å². The quantitative estimate of drug-likeness (QED) is 0.682. The summed E-state index contributed by atoms with van der Waals surface area (Å²) in [4.78, 5) is 2.56. The van der Waals surface area contributed by atoms with Gasteiger partial charge in [-0.2, -0.15) is 4.37 Å². The average molecular weight is 353 g/mol. The summed E-state index contributed by atoms with van der Waals surface area (Å²) >= 11 is 1.47. The van der Waals surface area contributed by atoms with E-state index in [-0.39, 0.29) is 0 Å². The van der Waals surface area contributed by atoms with Crippen LogP contribution in [0.5, 0.6) is 0 Å². The fourth-order valence-corrected chi connectivity index (χ4v) is 4.38. The lowest BCUT2D eigenvalue weighted by Crippen LogP contribution is -2.35. The smallest absolute Gasteiger partial charge is 0.147 e. The number of aromatic nitrogens is 1. The number of anilines is 2. The molecule has 0 spiro atoms. The molecule has 130 valence electrons. The minimum atomic E-state index is 0.558. The number of rotatable bonds is 5. The first-order chi connectivity index (χ1) is 12.2. The minimum Gasteiger partial charge on any atom is -0.398 e. The zero-order valence-corrected chi connectivity index (χ0v) is 15.4. The Morgan fingerprint density at radius 2 is 2.04 bits per heavy atom. The van der Waals surface area contributed by atoms with Gasteiger partial charge in [-0.05, 0) is 47.1 Å². The first kappa shape index (κ1) is 16.4. The predicted molar refractivity (Wildman–Crippen MR) is 107 cm³/mol. The van der Waals surface area contributed by atoms with E-state index in [0.717, 1.165) is 54.2 Å². The number of benzene rings is 2. The highest BCUT2D eigenvalue weighted by atomic mass is 32.1. The van der Waals surface area contributed by atoms with E-state index in [4.69, 9.17) is 5.73 Å². The SMILES string of the molecule is CC(CNc1nsc2c(N)cccc12)CN1CCc2ccccc2C1. The van der Waals surface area contributed by atoms with Crippen LogP contribution >= 0.6 is 11.5 Å². The van der Waals surface area contributed by atoms with E-state index in [0.29, 0.717) is 5.92 Å². The summed E-state index contributed by atoms with van der Waals surface area (Å²) in [6.45, 7) is 6.54. The van der Waals surface area contributed by atoms with Gasteiger partial charge >= 0.3 is 0 Å². The summed E-state index contributed by atoms with van der Waals surface area (Å²) in [7, 11) is 0. The highest BCUT2D eigenvalue weighted by molar-refractivity contribution is 7.14. The van der Waals surface area contributed by atoms with Crippen molar-refractivity contribution in [2.24, 2.45) is 5.92 Å². The molecule has 0 amide bonds. The van der Waals surface area contributed by atoms with Crippen LogP contribution in [0, 0.1) is 5.92 Å². The highest BCUT2D eigenvalue weighted by Gasteiger charge is 2.18. The molecule has 4 rings (SSSR count). The maximum absolute atomic E-state index is 6.02. The van der Waals surface area contributed by atoms with Gasteiger partial charge in [-0.3, -0.25) is 4.90 Å². The van der Waals surface area contributed by atoms with Gasteiger partial charge in [-0.25, -0.2) is 0 Å². The number of hydrogen-bond acceptors (Lipinski definition) is 5. The number of nitrogen functional groups attached to an aromatic ring is 1. The van der Waals surface area contributed by atoms with Crippen LogP contribution in [0.3, 0.4) is 0 Å². The summed E-state index contributed by atoms with van der Waals surface area (Å²) in [6.07, 6.45) is 1.16. The third kappa shape index (κ3) is 3.48. The van der Waals surface area contributed by atoms with Crippen molar-refractivity contribution in [2.45, 2.75) is 19.9 Å². The van der Waals surface area contributed by atoms with E-state index < -0.39 is 0 Å². The van der Waals surface area contributed by atoms with Crippen molar-refractivity contribution < 1.29 is 0 Å². The molecule has 2 aromatic carbocycles. The molecule has 0 saturated carbocycles. The second-order valence-corrected chi connectivity index (χ2v) is 7.77. The summed E-state index contributed by atoms with van der Waals surface area (Å²) in [5.74, 6) is 1.52. The summed E-state index contributed by atoms with van der Waals surface area (Å²) < 4.78 is 5.62. The Balaban J connectivity index is 1.35. The van der Waals surface area contributed by atoms with Crippen LogP contribution in [0.4, 0.5) is 11.5 Å². The van der Waals surface area contributed by atoms with Crippen LogP contribution in [0.1, 0.15) is 18.1 Å². The molecule has 1 unspecified atom stereocenters. The van der Waals surface area contributed by atoms with Gasteiger partial charge in [-0.15, -0.1) is 0 Å². The maximum Gasteiger partial charge on any atom is 0.147 e. The Bertz CT molecular complexity index is 873. The second-order valence-electron chi connectivity index (χ2n) is 7.00. The lowest BCUT2D eigenvalue weighted by molar-refractivity contribution is 0.224. The van der Waals surface area contributed by atoms with Crippen molar-refractivity contribution in [3.8, 4) is 0 Å². The summed E-state index contributed by atoms with van der Waals surface area (Å²) in [5, 5.41) is 4.65. The summed E-state index contributed by atoms with van der Waals surface area (Å²) in [6, 6.07) is 14.8. The van der Waals surface area contributed by atoms with E-state index in [1.165, 1.54) is 22.7 Å². The van der Waals surface area contributed by atoms with Crippen molar-refractivity contribution in [3.63, 3.8) is 0 Å². The lowest BCUT2D eigenvalue weighted by atomic mass is 9.99. The average Bonchev–Trinajstić information content (AvgIpc) is 3.04. The van der Waals surface area contributed by atoms with E-state index >= 15 is 0 Å². The molecule has 3 N–H and O–H groups in total. The minimum absolute atomic E-state index is 0.558. The molecule has 5 heteroatoms. The molecule has 0 bridgehead atoms. The molecular formula is C20H24N4S. The summed E-state index contributed by atoms with van der Waals surface area (Å²) in [5.41, 5.74) is 9.82. The highest BCUT2D eigenvalue weighted by Crippen LogP contribution is 2.31. The molecule has 1 atom stereocenters. The fourth-order valence-electron chi connectivity index (χ4n) is 3.60. The van der Waals surface area contributed by atoms with Crippen molar-refractivity contribution in [1.29, 1.82) is 0 Å². The van der Waals surface area contributed by atoms with Crippen molar-refractivity contribution in [2.75, 3.05) is 30.7 Å². The number of fused-ring (bicyclic) bond motifs is 2. The van der Waals surface area contributed by atoms with Gasteiger partial charge in [0, 0.05) is 31.6 Å². The second kappa shape index (κ2) is 7.02. The van der Waals surface area contributed by atoms with Crippen molar-refractivity contribution >= 4 is 33.1 Å². The van der Waals surface area contributed by atoms with Crippen LogP contribution in [-0.4, -0.2) is 28.9 Å². The molecule has 4 nitrogen and oxygen atoms in total. The fraction of sp³-hybridized carbons (Fsp3) is 0.350. The third-order valence-corrected chi connectivity index (χ3v) is 5.84.